The molecule has 0 aliphatic carbocycles. The maximum atomic E-state index is 2.38. The fourth-order valence-electron chi connectivity index (χ4n) is 2.43. The Kier molecular flexibility index (Phi) is 4.19. The van der Waals surface area contributed by atoms with Crippen molar-refractivity contribution in [2.45, 2.75) is 38.5 Å². The second-order valence-corrected chi connectivity index (χ2v) is 5.27. The summed E-state index contributed by atoms with van der Waals surface area (Å²) < 4.78 is 0. The van der Waals surface area contributed by atoms with E-state index in [0.717, 1.165) is 6.42 Å². The molecule has 0 saturated heterocycles. The number of rotatable bonds is 5. The lowest BCUT2D eigenvalue weighted by molar-refractivity contribution is 0.419. The summed E-state index contributed by atoms with van der Waals surface area (Å²) in [4.78, 5) is 0. The monoisotopic (exact) mass is 238 g/mol. The Morgan fingerprint density at radius 3 is 1.94 bits per heavy atom. The van der Waals surface area contributed by atoms with E-state index in [1.807, 2.05) is 0 Å². The second kappa shape index (κ2) is 5.86. The highest BCUT2D eigenvalue weighted by atomic mass is 14.3. The van der Waals surface area contributed by atoms with Crippen molar-refractivity contribution >= 4 is 0 Å². The van der Waals surface area contributed by atoms with Gasteiger partial charge in [0.2, 0.25) is 0 Å². The van der Waals surface area contributed by atoms with Crippen LogP contribution in [-0.2, 0) is 11.8 Å². The predicted octanol–water partition coefficient (Wildman–Crippen LogP) is 4.99. The molecule has 0 fully saturated rings. The van der Waals surface area contributed by atoms with Crippen LogP contribution in [0.5, 0.6) is 0 Å². The van der Waals surface area contributed by atoms with Crippen molar-refractivity contribution in [2.75, 3.05) is 0 Å². The SMILES string of the molecule is CC[C@](C)(CCc1ccccc1)c1ccccc1. The molecule has 2 aromatic rings. The van der Waals surface area contributed by atoms with Gasteiger partial charge in [0.15, 0.2) is 0 Å². The van der Waals surface area contributed by atoms with Gasteiger partial charge < -0.3 is 0 Å². The smallest absolute Gasteiger partial charge is 0.00747 e. The summed E-state index contributed by atoms with van der Waals surface area (Å²) in [5.41, 5.74) is 3.19. The fraction of sp³-hybridized carbons (Fsp3) is 0.333. The Labute approximate surface area is 111 Å². The summed E-state index contributed by atoms with van der Waals surface area (Å²) in [5.74, 6) is 0. The maximum Gasteiger partial charge on any atom is -0.00747 e. The van der Waals surface area contributed by atoms with Gasteiger partial charge in [-0.15, -0.1) is 0 Å². The van der Waals surface area contributed by atoms with E-state index >= 15 is 0 Å². The van der Waals surface area contributed by atoms with Gasteiger partial charge in [-0.1, -0.05) is 74.5 Å². The van der Waals surface area contributed by atoms with Crippen LogP contribution in [0.3, 0.4) is 0 Å². The average Bonchev–Trinajstić information content (AvgIpc) is 2.47. The summed E-state index contributed by atoms with van der Waals surface area (Å²) in [6.07, 6.45) is 3.54. The van der Waals surface area contributed by atoms with E-state index in [-0.39, 0.29) is 5.41 Å². The van der Waals surface area contributed by atoms with Crippen LogP contribution in [0, 0.1) is 0 Å². The summed E-state index contributed by atoms with van der Waals surface area (Å²) in [5, 5.41) is 0. The van der Waals surface area contributed by atoms with E-state index < -0.39 is 0 Å². The van der Waals surface area contributed by atoms with E-state index in [2.05, 4.69) is 74.5 Å². The lowest BCUT2D eigenvalue weighted by Gasteiger charge is -2.29. The van der Waals surface area contributed by atoms with Gasteiger partial charge in [0.05, 0.1) is 0 Å². The van der Waals surface area contributed by atoms with E-state index in [9.17, 15) is 0 Å². The van der Waals surface area contributed by atoms with E-state index in [4.69, 9.17) is 0 Å². The summed E-state index contributed by atoms with van der Waals surface area (Å²) in [6.45, 7) is 4.67. The molecule has 0 nitrogen and oxygen atoms in total. The molecule has 94 valence electrons. The molecule has 0 spiro atoms. The molecule has 0 N–H and O–H groups in total. The van der Waals surface area contributed by atoms with Crippen molar-refractivity contribution in [2.24, 2.45) is 0 Å². The minimum atomic E-state index is 0.289. The van der Waals surface area contributed by atoms with Gasteiger partial charge >= 0.3 is 0 Å². The largest absolute Gasteiger partial charge is 0.0645 e. The third-order valence-corrected chi connectivity index (χ3v) is 4.06. The molecule has 2 rings (SSSR count). The van der Waals surface area contributed by atoms with Crippen molar-refractivity contribution in [3.63, 3.8) is 0 Å². The lowest BCUT2D eigenvalue weighted by atomic mass is 9.76. The molecule has 18 heavy (non-hydrogen) atoms. The highest BCUT2D eigenvalue weighted by Crippen LogP contribution is 2.32. The molecule has 0 amide bonds. The number of hydrogen-bond acceptors (Lipinski definition) is 0. The van der Waals surface area contributed by atoms with Crippen LogP contribution in [0.15, 0.2) is 60.7 Å². The minimum absolute atomic E-state index is 0.289. The first-order valence-electron chi connectivity index (χ1n) is 6.84. The molecule has 2 aromatic carbocycles. The van der Waals surface area contributed by atoms with Crippen LogP contribution in [0.4, 0.5) is 0 Å². The Bertz CT molecular complexity index is 458. The molecule has 0 aliphatic heterocycles. The average molecular weight is 238 g/mol. The Morgan fingerprint density at radius 2 is 1.39 bits per heavy atom. The molecule has 0 radical (unpaired) electrons. The predicted molar refractivity (Wildman–Crippen MR) is 78.8 cm³/mol. The quantitative estimate of drug-likeness (QED) is 0.688. The van der Waals surface area contributed by atoms with Gasteiger partial charge in [0.25, 0.3) is 0 Å². The normalized spacial score (nSPS) is 14.1. The molecule has 1 atom stereocenters. The molecular weight excluding hydrogens is 216 g/mol. The van der Waals surface area contributed by atoms with Gasteiger partial charge in [-0.2, -0.15) is 0 Å². The molecule has 0 aliphatic rings. The van der Waals surface area contributed by atoms with Crippen molar-refractivity contribution < 1.29 is 0 Å². The third kappa shape index (κ3) is 3.01. The Morgan fingerprint density at radius 1 is 0.833 bits per heavy atom. The fourth-order valence-corrected chi connectivity index (χ4v) is 2.43. The van der Waals surface area contributed by atoms with Crippen LogP contribution in [-0.4, -0.2) is 0 Å². The summed E-state index contributed by atoms with van der Waals surface area (Å²) >= 11 is 0. The van der Waals surface area contributed by atoms with E-state index in [1.165, 1.54) is 24.0 Å². The minimum Gasteiger partial charge on any atom is -0.0645 e. The summed E-state index contributed by atoms with van der Waals surface area (Å²) in [7, 11) is 0. The van der Waals surface area contributed by atoms with Crippen molar-refractivity contribution in [3.05, 3.63) is 71.8 Å². The van der Waals surface area contributed by atoms with E-state index in [1.54, 1.807) is 0 Å². The first-order valence-corrected chi connectivity index (χ1v) is 6.84. The number of benzene rings is 2. The zero-order valence-corrected chi connectivity index (χ0v) is 11.4. The van der Waals surface area contributed by atoms with Gasteiger partial charge in [0.1, 0.15) is 0 Å². The zero-order chi connectivity index (χ0) is 12.8. The Balaban J connectivity index is 2.10. The van der Waals surface area contributed by atoms with Crippen LogP contribution in [0.1, 0.15) is 37.8 Å². The van der Waals surface area contributed by atoms with Gasteiger partial charge in [-0.05, 0) is 35.8 Å². The molecule has 0 heteroatoms. The first-order chi connectivity index (χ1) is 8.74. The molecule has 0 bridgehead atoms. The van der Waals surface area contributed by atoms with Crippen LogP contribution in [0.25, 0.3) is 0 Å². The maximum absolute atomic E-state index is 2.38. The third-order valence-electron chi connectivity index (χ3n) is 4.06. The second-order valence-electron chi connectivity index (χ2n) is 5.27. The first kappa shape index (κ1) is 12.9. The highest BCUT2D eigenvalue weighted by Gasteiger charge is 2.23. The van der Waals surface area contributed by atoms with Gasteiger partial charge in [0, 0.05) is 0 Å². The highest BCUT2D eigenvalue weighted by molar-refractivity contribution is 5.25. The topological polar surface area (TPSA) is 0 Å². The van der Waals surface area contributed by atoms with Crippen molar-refractivity contribution in [3.8, 4) is 0 Å². The number of aryl methyl sites for hydroxylation is 1. The van der Waals surface area contributed by atoms with Crippen molar-refractivity contribution in [1.82, 2.24) is 0 Å². The standard InChI is InChI=1S/C18H22/c1-3-18(2,17-12-8-5-9-13-17)15-14-16-10-6-4-7-11-16/h4-13H,3,14-15H2,1-2H3/t18-/m1/s1. The lowest BCUT2D eigenvalue weighted by Crippen LogP contribution is -2.21. The number of hydrogen-bond donors (Lipinski definition) is 0. The van der Waals surface area contributed by atoms with Gasteiger partial charge in [-0.3, -0.25) is 0 Å². The van der Waals surface area contributed by atoms with E-state index in [0.29, 0.717) is 0 Å². The van der Waals surface area contributed by atoms with Crippen LogP contribution >= 0.6 is 0 Å². The Hall–Kier alpha value is -1.56. The molecule has 0 aromatic heterocycles. The molecular formula is C18H22. The molecule has 0 unspecified atom stereocenters. The van der Waals surface area contributed by atoms with Crippen LogP contribution < -0.4 is 0 Å². The zero-order valence-electron chi connectivity index (χ0n) is 11.4. The van der Waals surface area contributed by atoms with Gasteiger partial charge in [-0.25, -0.2) is 0 Å². The molecule has 0 saturated carbocycles. The van der Waals surface area contributed by atoms with Crippen LogP contribution in [0.2, 0.25) is 0 Å². The molecule has 0 heterocycles. The van der Waals surface area contributed by atoms with Crippen molar-refractivity contribution in [1.29, 1.82) is 0 Å². The summed E-state index contributed by atoms with van der Waals surface area (Å²) in [6, 6.07) is 21.7.